The molecule has 1 rings (SSSR count). The molecule has 0 aromatic carbocycles. The third kappa shape index (κ3) is 2.20. The number of carboxylic acid groups (broad SMARTS) is 1. The maximum atomic E-state index is 10.3. The van der Waals surface area contributed by atoms with E-state index in [0.29, 0.717) is 0 Å². The minimum absolute atomic E-state index is 0.727. The molecule has 0 aliphatic heterocycles. The van der Waals surface area contributed by atoms with Gasteiger partial charge in [-0.05, 0) is 30.2 Å². The van der Waals surface area contributed by atoms with Crippen LogP contribution in [0.1, 0.15) is 12.5 Å². The summed E-state index contributed by atoms with van der Waals surface area (Å²) in [5, 5.41) is 8.45. The molecule has 0 bridgehead atoms. The smallest absolute Gasteiger partial charge is 0.328 e. The highest BCUT2D eigenvalue weighted by molar-refractivity contribution is 5.89. The van der Waals surface area contributed by atoms with Crippen LogP contribution in [0.2, 0.25) is 0 Å². The molecule has 12 heavy (non-hydrogen) atoms. The second kappa shape index (κ2) is 3.67. The first-order valence-corrected chi connectivity index (χ1v) is 3.52. The van der Waals surface area contributed by atoms with E-state index in [-0.39, 0.29) is 0 Å². The van der Waals surface area contributed by atoms with Gasteiger partial charge < -0.3 is 5.11 Å². The van der Waals surface area contributed by atoms with E-state index >= 15 is 0 Å². The Morgan fingerprint density at radius 1 is 1.50 bits per heavy atom. The average Bonchev–Trinajstić information content (AvgIpc) is 2.05. The van der Waals surface area contributed by atoms with E-state index in [1.807, 2.05) is 0 Å². The number of carbonyl (C=O) groups is 1. The van der Waals surface area contributed by atoms with Gasteiger partial charge in [0.2, 0.25) is 0 Å². The molecule has 1 heterocycles. The Labute approximate surface area is 70.4 Å². The summed E-state index contributed by atoms with van der Waals surface area (Å²) in [5.74, 6) is -0.927. The molecule has 0 saturated carbocycles. The Bertz CT molecular complexity index is 304. The van der Waals surface area contributed by atoms with Crippen LogP contribution in [0, 0.1) is 0 Å². The molecule has 0 saturated heterocycles. The molecule has 0 aliphatic rings. The lowest BCUT2D eigenvalue weighted by Crippen LogP contribution is -1.89. The van der Waals surface area contributed by atoms with Gasteiger partial charge in [0.15, 0.2) is 0 Å². The van der Waals surface area contributed by atoms with Gasteiger partial charge in [-0.15, -0.1) is 0 Å². The monoisotopic (exact) mass is 163 g/mol. The average molecular weight is 163 g/mol. The highest BCUT2D eigenvalue weighted by atomic mass is 16.4. The van der Waals surface area contributed by atoms with E-state index in [2.05, 4.69) is 4.98 Å². The number of nitrogens with zero attached hydrogens (tertiary/aromatic N) is 1. The second-order valence-electron chi connectivity index (χ2n) is 2.40. The van der Waals surface area contributed by atoms with E-state index in [9.17, 15) is 4.79 Å². The summed E-state index contributed by atoms with van der Waals surface area (Å²) in [6, 6.07) is 3.55. The van der Waals surface area contributed by atoms with Crippen LogP contribution in [-0.4, -0.2) is 16.1 Å². The van der Waals surface area contributed by atoms with Crippen molar-refractivity contribution < 1.29 is 9.90 Å². The van der Waals surface area contributed by atoms with Gasteiger partial charge in [0.25, 0.3) is 0 Å². The molecule has 3 nitrogen and oxygen atoms in total. The number of aromatic nitrogens is 1. The number of pyridine rings is 1. The Hall–Kier alpha value is -1.64. The van der Waals surface area contributed by atoms with Crippen LogP contribution in [0.15, 0.2) is 30.6 Å². The van der Waals surface area contributed by atoms with Gasteiger partial charge in [-0.1, -0.05) is 0 Å². The van der Waals surface area contributed by atoms with Crippen LogP contribution < -0.4 is 0 Å². The zero-order chi connectivity index (χ0) is 8.97. The highest BCUT2D eigenvalue weighted by Crippen LogP contribution is 2.10. The standard InChI is InChI=1S/C9H9NO2/c1-7(6-9(11)12)8-2-4-10-5-3-8/h2-6H,1H3,(H,11,12)/b7-6-. The largest absolute Gasteiger partial charge is 0.478 e. The van der Waals surface area contributed by atoms with Crippen molar-refractivity contribution in [1.29, 1.82) is 0 Å². The summed E-state index contributed by atoms with van der Waals surface area (Å²) in [6.07, 6.45) is 4.44. The van der Waals surface area contributed by atoms with Crippen molar-refractivity contribution >= 4 is 11.5 Å². The molecule has 3 heteroatoms. The Balaban J connectivity index is 2.93. The van der Waals surface area contributed by atoms with Crippen LogP contribution >= 0.6 is 0 Å². The fraction of sp³-hybridized carbons (Fsp3) is 0.111. The van der Waals surface area contributed by atoms with Gasteiger partial charge in [-0.3, -0.25) is 4.98 Å². The van der Waals surface area contributed by atoms with E-state index < -0.39 is 5.97 Å². The van der Waals surface area contributed by atoms with Crippen LogP contribution in [0.3, 0.4) is 0 Å². The number of hydrogen-bond acceptors (Lipinski definition) is 2. The van der Waals surface area contributed by atoms with Crippen molar-refractivity contribution in [3.63, 3.8) is 0 Å². The van der Waals surface area contributed by atoms with Crippen molar-refractivity contribution in [3.05, 3.63) is 36.2 Å². The summed E-state index contributed by atoms with van der Waals surface area (Å²) in [4.78, 5) is 14.1. The van der Waals surface area contributed by atoms with Crippen molar-refractivity contribution in [3.8, 4) is 0 Å². The lowest BCUT2D eigenvalue weighted by molar-refractivity contribution is -0.131. The first-order chi connectivity index (χ1) is 5.70. The van der Waals surface area contributed by atoms with Gasteiger partial charge >= 0.3 is 5.97 Å². The number of allylic oxidation sites excluding steroid dienone is 1. The predicted octanol–water partition coefficient (Wildman–Crippen LogP) is 1.57. The molecule has 0 aliphatic carbocycles. The molecule has 1 N–H and O–H groups in total. The van der Waals surface area contributed by atoms with Crippen molar-refractivity contribution in [2.45, 2.75) is 6.92 Å². The first kappa shape index (κ1) is 8.46. The fourth-order valence-electron chi connectivity index (χ4n) is 0.883. The van der Waals surface area contributed by atoms with E-state index in [4.69, 9.17) is 5.11 Å². The summed E-state index contributed by atoms with van der Waals surface area (Å²) in [6.45, 7) is 1.75. The van der Waals surface area contributed by atoms with Crippen molar-refractivity contribution in [2.24, 2.45) is 0 Å². The van der Waals surface area contributed by atoms with Gasteiger partial charge in [-0.25, -0.2) is 4.79 Å². The maximum Gasteiger partial charge on any atom is 0.328 e. The molecule has 0 atom stereocenters. The van der Waals surface area contributed by atoms with Crippen LogP contribution in [0.4, 0.5) is 0 Å². The molecule has 62 valence electrons. The Morgan fingerprint density at radius 3 is 2.58 bits per heavy atom. The Kier molecular flexibility index (Phi) is 2.58. The minimum atomic E-state index is -0.927. The molecule has 1 aromatic heterocycles. The molecule has 0 radical (unpaired) electrons. The summed E-state index contributed by atoms with van der Waals surface area (Å²) in [5.41, 5.74) is 1.61. The molecule has 0 amide bonds. The third-order valence-corrected chi connectivity index (χ3v) is 1.48. The van der Waals surface area contributed by atoms with Crippen molar-refractivity contribution in [1.82, 2.24) is 4.98 Å². The Morgan fingerprint density at radius 2 is 2.08 bits per heavy atom. The minimum Gasteiger partial charge on any atom is -0.478 e. The first-order valence-electron chi connectivity index (χ1n) is 3.52. The zero-order valence-electron chi connectivity index (χ0n) is 6.69. The van der Waals surface area contributed by atoms with Crippen LogP contribution in [0.25, 0.3) is 5.57 Å². The van der Waals surface area contributed by atoms with Crippen LogP contribution in [-0.2, 0) is 4.79 Å². The predicted molar refractivity (Wildman–Crippen MR) is 45.5 cm³/mol. The van der Waals surface area contributed by atoms with Gasteiger partial charge in [0, 0.05) is 18.5 Å². The van der Waals surface area contributed by atoms with E-state index in [0.717, 1.165) is 11.1 Å². The molecule has 1 aromatic rings. The number of carboxylic acids is 1. The molecule has 0 spiro atoms. The van der Waals surface area contributed by atoms with Gasteiger partial charge in [-0.2, -0.15) is 0 Å². The van der Waals surface area contributed by atoms with E-state index in [1.165, 1.54) is 6.08 Å². The summed E-state index contributed by atoms with van der Waals surface area (Å²) >= 11 is 0. The van der Waals surface area contributed by atoms with Crippen LogP contribution in [0.5, 0.6) is 0 Å². The van der Waals surface area contributed by atoms with Crippen molar-refractivity contribution in [2.75, 3.05) is 0 Å². The van der Waals surface area contributed by atoms with Gasteiger partial charge in [0.1, 0.15) is 0 Å². The molecule has 0 unspecified atom stereocenters. The third-order valence-electron chi connectivity index (χ3n) is 1.48. The van der Waals surface area contributed by atoms with Gasteiger partial charge in [0.05, 0.1) is 0 Å². The summed E-state index contributed by atoms with van der Waals surface area (Å²) < 4.78 is 0. The normalized spacial score (nSPS) is 11.2. The van der Waals surface area contributed by atoms with E-state index in [1.54, 1.807) is 31.5 Å². The maximum absolute atomic E-state index is 10.3. The number of aliphatic carboxylic acids is 1. The number of rotatable bonds is 2. The zero-order valence-corrected chi connectivity index (χ0v) is 6.69. The lowest BCUT2D eigenvalue weighted by atomic mass is 10.1. The molecule has 0 fully saturated rings. The molecular formula is C9H9NO2. The lowest BCUT2D eigenvalue weighted by Gasteiger charge is -1.97. The SMILES string of the molecule is C/C(=C/C(=O)O)c1ccncc1. The quantitative estimate of drug-likeness (QED) is 0.673. The topological polar surface area (TPSA) is 50.2 Å². The second-order valence-corrected chi connectivity index (χ2v) is 2.40. The number of hydrogen-bond donors (Lipinski definition) is 1. The molecular weight excluding hydrogens is 154 g/mol. The highest BCUT2D eigenvalue weighted by Gasteiger charge is 1.96. The summed E-state index contributed by atoms with van der Waals surface area (Å²) in [7, 11) is 0. The fourth-order valence-corrected chi connectivity index (χ4v) is 0.883.